The molecule has 0 amide bonds. The lowest BCUT2D eigenvalue weighted by Crippen LogP contribution is -2.42. The van der Waals surface area contributed by atoms with E-state index in [2.05, 4.69) is 13.8 Å². The summed E-state index contributed by atoms with van der Waals surface area (Å²) < 4.78 is 5.24. The molecule has 1 fully saturated rings. The number of hydrogen-bond donors (Lipinski definition) is 1. The minimum atomic E-state index is 0.258. The van der Waals surface area contributed by atoms with Crippen LogP contribution in [-0.2, 0) is 4.74 Å². The molecule has 0 saturated carbocycles. The topological polar surface area (TPSA) is 35.2 Å². The van der Waals surface area contributed by atoms with Crippen molar-refractivity contribution in [1.82, 2.24) is 0 Å². The summed E-state index contributed by atoms with van der Waals surface area (Å²) in [5, 5.41) is 0. The molecule has 1 aliphatic heterocycles. The highest BCUT2D eigenvalue weighted by Gasteiger charge is 2.24. The molecule has 1 saturated heterocycles. The van der Waals surface area contributed by atoms with Gasteiger partial charge in [-0.05, 0) is 11.8 Å². The molecule has 2 heteroatoms. The molecule has 0 aromatic rings. The van der Waals surface area contributed by atoms with Crippen LogP contribution in [-0.4, -0.2) is 19.3 Å². The van der Waals surface area contributed by atoms with Crippen LogP contribution in [0.4, 0.5) is 0 Å². The van der Waals surface area contributed by atoms with Crippen LogP contribution in [0.25, 0.3) is 0 Å². The standard InChI is InChI=1S/C7H15NO/c1-5-3-9-4-7(8)6(5)2/h5-7H,3-4,8H2,1-2H3. The summed E-state index contributed by atoms with van der Waals surface area (Å²) in [6.07, 6.45) is 0. The SMILES string of the molecule is CC1COCC(N)C1C. The molecule has 3 unspecified atom stereocenters. The molecular formula is C7H15NO. The maximum Gasteiger partial charge on any atom is 0.0620 e. The summed E-state index contributed by atoms with van der Waals surface area (Å²) in [4.78, 5) is 0. The molecule has 0 aromatic carbocycles. The van der Waals surface area contributed by atoms with E-state index in [4.69, 9.17) is 10.5 Å². The second kappa shape index (κ2) is 2.67. The van der Waals surface area contributed by atoms with E-state index in [1.54, 1.807) is 0 Å². The highest BCUT2D eigenvalue weighted by molar-refractivity contribution is 4.77. The van der Waals surface area contributed by atoms with Gasteiger partial charge < -0.3 is 10.5 Å². The Bertz CT molecular complexity index is 84.9. The first kappa shape index (κ1) is 7.03. The van der Waals surface area contributed by atoms with Gasteiger partial charge in [-0.3, -0.25) is 0 Å². The molecule has 1 aliphatic rings. The smallest absolute Gasteiger partial charge is 0.0620 e. The van der Waals surface area contributed by atoms with Gasteiger partial charge in [0.1, 0.15) is 0 Å². The van der Waals surface area contributed by atoms with Gasteiger partial charge in [0.15, 0.2) is 0 Å². The number of ether oxygens (including phenoxy) is 1. The zero-order valence-electron chi connectivity index (χ0n) is 6.13. The van der Waals surface area contributed by atoms with Gasteiger partial charge in [0.05, 0.1) is 6.61 Å². The van der Waals surface area contributed by atoms with Crippen LogP contribution in [0.5, 0.6) is 0 Å². The van der Waals surface area contributed by atoms with Gasteiger partial charge in [-0.25, -0.2) is 0 Å². The molecule has 54 valence electrons. The van der Waals surface area contributed by atoms with Crippen molar-refractivity contribution in [3.8, 4) is 0 Å². The third-order valence-corrected chi connectivity index (χ3v) is 2.26. The average molecular weight is 129 g/mol. The first-order chi connectivity index (χ1) is 4.22. The van der Waals surface area contributed by atoms with Crippen LogP contribution in [0, 0.1) is 11.8 Å². The number of rotatable bonds is 0. The fourth-order valence-electron chi connectivity index (χ4n) is 1.12. The number of hydrogen-bond acceptors (Lipinski definition) is 2. The van der Waals surface area contributed by atoms with Gasteiger partial charge in [0, 0.05) is 12.6 Å². The minimum absolute atomic E-state index is 0.258. The van der Waals surface area contributed by atoms with Crippen molar-refractivity contribution in [1.29, 1.82) is 0 Å². The second-order valence-electron chi connectivity index (χ2n) is 3.04. The molecule has 1 heterocycles. The Morgan fingerprint density at radius 1 is 1.33 bits per heavy atom. The van der Waals surface area contributed by atoms with Crippen molar-refractivity contribution >= 4 is 0 Å². The van der Waals surface area contributed by atoms with Gasteiger partial charge in [-0.1, -0.05) is 13.8 Å². The van der Waals surface area contributed by atoms with Crippen LogP contribution in [0.3, 0.4) is 0 Å². The van der Waals surface area contributed by atoms with Crippen molar-refractivity contribution in [3.05, 3.63) is 0 Å². The molecule has 1 rings (SSSR count). The van der Waals surface area contributed by atoms with Gasteiger partial charge in [-0.2, -0.15) is 0 Å². The van der Waals surface area contributed by atoms with Gasteiger partial charge in [-0.15, -0.1) is 0 Å². The Labute approximate surface area is 56.4 Å². The minimum Gasteiger partial charge on any atom is -0.380 e. The molecule has 0 spiro atoms. The maximum atomic E-state index is 5.74. The summed E-state index contributed by atoms with van der Waals surface area (Å²) in [5.41, 5.74) is 5.74. The molecule has 0 aromatic heterocycles. The zero-order chi connectivity index (χ0) is 6.85. The van der Waals surface area contributed by atoms with Crippen LogP contribution < -0.4 is 5.73 Å². The fraction of sp³-hybridized carbons (Fsp3) is 1.00. The summed E-state index contributed by atoms with van der Waals surface area (Å²) in [7, 11) is 0. The molecule has 0 radical (unpaired) electrons. The number of nitrogens with two attached hydrogens (primary N) is 1. The highest BCUT2D eigenvalue weighted by Crippen LogP contribution is 2.18. The van der Waals surface area contributed by atoms with Crippen molar-refractivity contribution in [2.24, 2.45) is 17.6 Å². The Morgan fingerprint density at radius 3 is 2.44 bits per heavy atom. The average Bonchev–Trinajstić information content (AvgIpc) is 1.83. The molecule has 3 atom stereocenters. The van der Waals surface area contributed by atoms with Crippen LogP contribution >= 0.6 is 0 Å². The summed E-state index contributed by atoms with van der Waals surface area (Å²) in [6, 6.07) is 0.258. The van der Waals surface area contributed by atoms with Crippen molar-refractivity contribution in [2.45, 2.75) is 19.9 Å². The van der Waals surface area contributed by atoms with E-state index < -0.39 is 0 Å². The van der Waals surface area contributed by atoms with E-state index in [1.807, 2.05) is 0 Å². The van der Waals surface area contributed by atoms with Crippen LogP contribution in [0.1, 0.15) is 13.8 Å². The van der Waals surface area contributed by atoms with E-state index in [0.717, 1.165) is 13.2 Å². The van der Waals surface area contributed by atoms with Crippen LogP contribution in [0.2, 0.25) is 0 Å². The van der Waals surface area contributed by atoms with Gasteiger partial charge in [0.2, 0.25) is 0 Å². The molecule has 0 aliphatic carbocycles. The van der Waals surface area contributed by atoms with Crippen LogP contribution in [0.15, 0.2) is 0 Å². The molecule has 9 heavy (non-hydrogen) atoms. The Kier molecular flexibility index (Phi) is 2.09. The summed E-state index contributed by atoms with van der Waals surface area (Å²) >= 11 is 0. The zero-order valence-corrected chi connectivity index (χ0v) is 6.13. The lowest BCUT2D eigenvalue weighted by molar-refractivity contribution is 0.0144. The van der Waals surface area contributed by atoms with Gasteiger partial charge in [0.25, 0.3) is 0 Å². The lowest BCUT2D eigenvalue weighted by atomic mass is 9.88. The lowest BCUT2D eigenvalue weighted by Gasteiger charge is -2.31. The Morgan fingerprint density at radius 2 is 2.00 bits per heavy atom. The van der Waals surface area contributed by atoms with Crippen molar-refractivity contribution in [2.75, 3.05) is 13.2 Å². The highest BCUT2D eigenvalue weighted by atomic mass is 16.5. The van der Waals surface area contributed by atoms with Crippen molar-refractivity contribution < 1.29 is 4.74 Å². The molecule has 2 N–H and O–H groups in total. The monoisotopic (exact) mass is 129 g/mol. The second-order valence-corrected chi connectivity index (χ2v) is 3.04. The van der Waals surface area contributed by atoms with Crippen molar-refractivity contribution in [3.63, 3.8) is 0 Å². The van der Waals surface area contributed by atoms with E-state index >= 15 is 0 Å². The van der Waals surface area contributed by atoms with E-state index in [9.17, 15) is 0 Å². The first-order valence-electron chi connectivity index (χ1n) is 3.55. The largest absolute Gasteiger partial charge is 0.380 e. The Balaban J connectivity index is 2.41. The quantitative estimate of drug-likeness (QED) is 0.520. The summed E-state index contributed by atoms with van der Waals surface area (Å²) in [5.74, 6) is 1.26. The van der Waals surface area contributed by atoms with E-state index in [-0.39, 0.29) is 6.04 Å². The predicted octanol–water partition coefficient (Wildman–Crippen LogP) is 0.616. The van der Waals surface area contributed by atoms with E-state index in [1.165, 1.54) is 0 Å². The van der Waals surface area contributed by atoms with E-state index in [0.29, 0.717) is 11.8 Å². The maximum absolute atomic E-state index is 5.74. The third-order valence-electron chi connectivity index (χ3n) is 2.26. The fourth-order valence-corrected chi connectivity index (χ4v) is 1.12. The van der Waals surface area contributed by atoms with Gasteiger partial charge >= 0.3 is 0 Å². The third kappa shape index (κ3) is 1.43. The normalized spacial score (nSPS) is 45.0. The summed E-state index contributed by atoms with van der Waals surface area (Å²) in [6.45, 7) is 6.00. The first-order valence-corrected chi connectivity index (χ1v) is 3.55. The molecule has 0 bridgehead atoms. The predicted molar refractivity (Wildman–Crippen MR) is 37.1 cm³/mol. The molecular weight excluding hydrogens is 114 g/mol. The Hall–Kier alpha value is -0.0800. The molecule has 2 nitrogen and oxygen atoms in total.